The fraction of sp³-hybridized carbons (Fsp3) is 0.294. The monoisotopic (exact) mass is 239 g/mol. The third-order valence-electron chi connectivity index (χ3n) is 3.20. The van der Waals surface area contributed by atoms with Gasteiger partial charge in [0.15, 0.2) is 0 Å². The van der Waals surface area contributed by atoms with Crippen molar-refractivity contribution in [2.45, 2.75) is 26.3 Å². The van der Waals surface area contributed by atoms with Crippen LogP contribution < -0.4 is 0 Å². The van der Waals surface area contributed by atoms with Crippen LogP contribution in [0.25, 0.3) is 6.08 Å². The van der Waals surface area contributed by atoms with Gasteiger partial charge in [-0.2, -0.15) is 0 Å². The molecule has 1 aliphatic heterocycles. The van der Waals surface area contributed by atoms with E-state index in [0.29, 0.717) is 6.04 Å². The summed E-state index contributed by atoms with van der Waals surface area (Å²) < 4.78 is 0. The molecule has 1 aromatic rings. The summed E-state index contributed by atoms with van der Waals surface area (Å²) in [6, 6.07) is 8.99. The molecule has 0 aromatic heterocycles. The van der Waals surface area contributed by atoms with Crippen LogP contribution in [0.15, 0.2) is 54.8 Å². The van der Waals surface area contributed by atoms with Crippen molar-refractivity contribution >= 4 is 6.08 Å². The zero-order chi connectivity index (χ0) is 13.1. The summed E-state index contributed by atoms with van der Waals surface area (Å²) in [5.74, 6) is 0. The minimum Gasteiger partial charge on any atom is -0.366 e. The lowest BCUT2D eigenvalue weighted by Crippen LogP contribution is -2.28. The van der Waals surface area contributed by atoms with Crippen molar-refractivity contribution in [1.82, 2.24) is 4.90 Å². The van der Waals surface area contributed by atoms with Crippen LogP contribution in [0.5, 0.6) is 0 Å². The molecule has 2 rings (SSSR count). The molecule has 0 fully saturated rings. The zero-order valence-electron chi connectivity index (χ0n) is 11.3. The van der Waals surface area contributed by atoms with Crippen molar-refractivity contribution in [2.24, 2.45) is 0 Å². The molecule has 1 atom stereocenters. The van der Waals surface area contributed by atoms with E-state index in [2.05, 4.69) is 68.4 Å². The molecular weight excluding hydrogens is 218 g/mol. The van der Waals surface area contributed by atoms with Crippen molar-refractivity contribution in [3.05, 3.63) is 65.9 Å². The van der Waals surface area contributed by atoms with Gasteiger partial charge in [-0.1, -0.05) is 42.0 Å². The molecule has 0 aliphatic carbocycles. The number of hydrogen-bond donors (Lipinski definition) is 0. The van der Waals surface area contributed by atoms with E-state index >= 15 is 0 Å². The highest BCUT2D eigenvalue weighted by molar-refractivity contribution is 5.57. The minimum atomic E-state index is 0.389. The SMILES string of the molecule is C=C(C)CC1c2ccccc2C=CN1CC(=C)C. The summed E-state index contributed by atoms with van der Waals surface area (Å²) in [6.07, 6.45) is 5.37. The van der Waals surface area contributed by atoms with Gasteiger partial charge in [-0.05, 0) is 37.5 Å². The standard InChI is InChI=1S/C17H21N/c1-13(2)11-17-16-8-6-5-7-15(16)9-10-18(17)12-14(3)4/h5-10,17H,1,3,11-12H2,2,4H3. The molecule has 1 unspecified atom stereocenters. The van der Waals surface area contributed by atoms with Crippen molar-refractivity contribution in [2.75, 3.05) is 6.54 Å². The summed E-state index contributed by atoms with van der Waals surface area (Å²) in [4.78, 5) is 2.36. The van der Waals surface area contributed by atoms with Crippen LogP contribution in [0.3, 0.4) is 0 Å². The Morgan fingerprint density at radius 1 is 1.17 bits per heavy atom. The highest BCUT2D eigenvalue weighted by Crippen LogP contribution is 2.34. The van der Waals surface area contributed by atoms with Crippen molar-refractivity contribution in [3.8, 4) is 0 Å². The van der Waals surface area contributed by atoms with Crippen LogP contribution in [0.1, 0.15) is 37.4 Å². The van der Waals surface area contributed by atoms with Gasteiger partial charge in [0.05, 0.1) is 6.04 Å². The van der Waals surface area contributed by atoms with Crippen LogP contribution in [-0.2, 0) is 0 Å². The van der Waals surface area contributed by atoms with E-state index < -0.39 is 0 Å². The first-order chi connectivity index (χ1) is 8.58. The molecule has 0 radical (unpaired) electrons. The Morgan fingerprint density at radius 3 is 2.56 bits per heavy atom. The Balaban J connectivity index is 2.34. The maximum absolute atomic E-state index is 4.06. The average Bonchev–Trinajstić information content (AvgIpc) is 2.31. The number of rotatable bonds is 4. The van der Waals surface area contributed by atoms with Crippen LogP contribution in [0, 0.1) is 0 Å². The Morgan fingerprint density at radius 2 is 1.89 bits per heavy atom. The molecule has 1 aliphatic rings. The van der Waals surface area contributed by atoms with E-state index in [0.717, 1.165) is 13.0 Å². The second-order valence-corrected chi connectivity index (χ2v) is 5.25. The maximum Gasteiger partial charge on any atom is 0.0583 e. The second kappa shape index (κ2) is 5.26. The van der Waals surface area contributed by atoms with E-state index in [1.807, 2.05) is 0 Å². The topological polar surface area (TPSA) is 3.24 Å². The van der Waals surface area contributed by atoms with E-state index in [-0.39, 0.29) is 0 Å². The molecule has 0 N–H and O–H groups in total. The Labute approximate surface area is 110 Å². The predicted molar refractivity (Wildman–Crippen MR) is 79.2 cm³/mol. The van der Waals surface area contributed by atoms with Gasteiger partial charge < -0.3 is 4.90 Å². The smallest absolute Gasteiger partial charge is 0.0583 e. The molecule has 1 heteroatoms. The van der Waals surface area contributed by atoms with Gasteiger partial charge in [0.2, 0.25) is 0 Å². The number of hydrogen-bond acceptors (Lipinski definition) is 1. The number of fused-ring (bicyclic) bond motifs is 1. The molecule has 0 amide bonds. The average molecular weight is 239 g/mol. The molecule has 1 aromatic carbocycles. The minimum absolute atomic E-state index is 0.389. The van der Waals surface area contributed by atoms with Crippen LogP contribution in [0.2, 0.25) is 0 Å². The predicted octanol–water partition coefficient (Wildman–Crippen LogP) is 4.56. The third kappa shape index (κ3) is 2.73. The van der Waals surface area contributed by atoms with E-state index in [4.69, 9.17) is 0 Å². The maximum atomic E-state index is 4.06. The Bertz CT molecular complexity index is 496. The Hall–Kier alpha value is -1.76. The fourth-order valence-electron chi connectivity index (χ4n) is 2.46. The van der Waals surface area contributed by atoms with E-state index in [9.17, 15) is 0 Å². The molecule has 1 nitrogen and oxygen atoms in total. The lowest BCUT2D eigenvalue weighted by Gasteiger charge is -2.35. The molecule has 0 bridgehead atoms. The van der Waals surface area contributed by atoms with Gasteiger partial charge in [-0.25, -0.2) is 0 Å². The molecule has 94 valence electrons. The first-order valence-corrected chi connectivity index (χ1v) is 6.39. The lowest BCUT2D eigenvalue weighted by atomic mass is 9.92. The third-order valence-corrected chi connectivity index (χ3v) is 3.20. The van der Waals surface area contributed by atoms with Gasteiger partial charge in [0.25, 0.3) is 0 Å². The van der Waals surface area contributed by atoms with Crippen LogP contribution >= 0.6 is 0 Å². The first kappa shape index (κ1) is 12.7. The molecule has 0 saturated heterocycles. The van der Waals surface area contributed by atoms with Gasteiger partial charge >= 0.3 is 0 Å². The molecule has 18 heavy (non-hydrogen) atoms. The Kier molecular flexibility index (Phi) is 3.71. The number of nitrogens with zero attached hydrogens (tertiary/aromatic N) is 1. The van der Waals surface area contributed by atoms with Crippen molar-refractivity contribution < 1.29 is 0 Å². The quantitative estimate of drug-likeness (QED) is 0.696. The number of benzene rings is 1. The van der Waals surface area contributed by atoms with E-state index in [1.54, 1.807) is 0 Å². The van der Waals surface area contributed by atoms with Gasteiger partial charge in [0, 0.05) is 12.7 Å². The normalized spacial score (nSPS) is 17.4. The summed E-state index contributed by atoms with van der Waals surface area (Å²) >= 11 is 0. The molecule has 0 saturated carbocycles. The highest BCUT2D eigenvalue weighted by atomic mass is 15.1. The summed E-state index contributed by atoms with van der Waals surface area (Å²) in [6.45, 7) is 13.2. The van der Waals surface area contributed by atoms with Gasteiger partial charge in [-0.3, -0.25) is 0 Å². The van der Waals surface area contributed by atoms with Crippen molar-refractivity contribution in [1.29, 1.82) is 0 Å². The second-order valence-electron chi connectivity index (χ2n) is 5.25. The van der Waals surface area contributed by atoms with Crippen LogP contribution in [0.4, 0.5) is 0 Å². The zero-order valence-corrected chi connectivity index (χ0v) is 11.3. The molecule has 0 spiro atoms. The largest absolute Gasteiger partial charge is 0.366 e. The first-order valence-electron chi connectivity index (χ1n) is 6.39. The fourth-order valence-corrected chi connectivity index (χ4v) is 2.46. The van der Waals surface area contributed by atoms with Gasteiger partial charge in [0.1, 0.15) is 0 Å². The van der Waals surface area contributed by atoms with E-state index in [1.165, 1.54) is 22.3 Å². The van der Waals surface area contributed by atoms with Crippen LogP contribution in [-0.4, -0.2) is 11.4 Å². The molecular formula is C17H21N. The highest BCUT2D eigenvalue weighted by Gasteiger charge is 2.22. The molecule has 1 heterocycles. The lowest BCUT2D eigenvalue weighted by molar-refractivity contribution is 0.296. The van der Waals surface area contributed by atoms with Gasteiger partial charge in [-0.15, -0.1) is 6.58 Å². The summed E-state index contributed by atoms with van der Waals surface area (Å²) in [7, 11) is 0. The van der Waals surface area contributed by atoms with Crippen molar-refractivity contribution in [3.63, 3.8) is 0 Å². The summed E-state index contributed by atoms with van der Waals surface area (Å²) in [5, 5.41) is 0. The summed E-state index contributed by atoms with van der Waals surface area (Å²) in [5.41, 5.74) is 5.12.